The number of hydrogen-bond donors (Lipinski definition) is 4. The quantitative estimate of drug-likeness (QED) is 0.299. The van der Waals surface area contributed by atoms with E-state index in [1.807, 2.05) is 19.1 Å². The number of halogens is 1. The van der Waals surface area contributed by atoms with Gasteiger partial charge < -0.3 is 21.1 Å². The second-order valence-corrected chi connectivity index (χ2v) is 9.66. The fourth-order valence-electron chi connectivity index (χ4n) is 4.20. The Labute approximate surface area is 212 Å². The van der Waals surface area contributed by atoms with Gasteiger partial charge in [-0.25, -0.2) is 4.98 Å². The highest BCUT2D eigenvalue weighted by atomic mass is 127. The smallest absolute Gasteiger partial charge is 0.231 e. The van der Waals surface area contributed by atoms with E-state index in [-0.39, 0.29) is 5.91 Å². The van der Waals surface area contributed by atoms with Gasteiger partial charge in [0.05, 0.1) is 17.2 Å². The summed E-state index contributed by atoms with van der Waals surface area (Å²) >= 11 is 2.19. The molecule has 180 valence electrons. The molecule has 1 aromatic carbocycles. The number of H-pyrrole nitrogens is 1. The van der Waals surface area contributed by atoms with Crippen molar-refractivity contribution in [1.82, 2.24) is 25.1 Å². The predicted octanol–water partition coefficient (Wildman–Crippen LogP) is 3.58. The van der Waals surface area contributed by atoms with Crippen LogP contribution in [0.15, 0.2) is 24.4 Å². The first-order valence-electron chi connectivity index (χ1n) is 11.1. The average molecular weight is 576 g/mol. The maximum Gasteiger partial charge on any atom is 0.231 e. The van der Waals surface area contributed by atoms with E-state index in [0.717, 1.165) is 52.2 Å². The van der Waals surface area contributed by atoms with Crippen molar-refractivity contribution >= 4 is 51.8 Å². The molecule has 2 aromatic heterocycles. The van der Waals surface area contributed by atoms with Crippen molar-refractivity contribution in [2.24, 2.45) is 5.73 Å². The third kappa shape index (κ3) is 5.76. The molecule has 0 unspecified atom stereocenters. The fourth-order valence-corrected chi connectivity index (χ4v) is 4.60. The molecule has 1 saturated heterocycles. The molecule has 1 fully saturated rings. The second-order valence-electron chi connectivity index (χ2n) is 8.50. The van der Waals surface area contributed by atoms with E-state index >= 15 is 0 Å². The number of piperidine rings is 1. The first-order valence-corrected chi connectivity index (χ1v) is 12.2. The summed E-state index contributed by atoms with van der Waals surface area (Å²) in [7, 11) is 1.69. The molecule has 1 aliphatic rings. The summed E-state index contributed by atoms with van der Waals surface area (Å²) in [4.78, 5) is 22.4. The van der Waals surface area contributed by atoms with Crippen molar-refractivity contribution < 1.29 is 9.53 Å². The molecule has 0 saturated carbocycles. The monoisotopic (exact) mass is 576 g/mol. The van der Waals surface area contributed by atoms with E-state index in [4.69, 9.17) is 10.5 Å². The number of rotatable bonds is 8. The fraction of sp³-hybridized carbons (Fsp3) is 0.391. The van der Waals surface area contributed by atoms with Gasteiger partial charge in [-0.1, -0.05) is 6.07 Å². The average Bonchev–Trinajstić information content (AvgIpc) is 3.22. The van der Waals surface area contributed by atoms with E-state index in [1.54, 1.807) is 13.3 Å². The lowest BCUT2D eigenvalue weighted by Gasteiger charge is -2.32. The normalized spacial score (nSPS) is 14.7. The van der Waals surface area contributed by atoms with E-state index in [2.05, 4.69) is 71.3 Å². The van der Waals surface area contributed by atoms with Gasteiger partial charge in [0.15, 0.2) is 11.6 Å². The number of aryl methyl sites for hydroxylation is 2. The number of amides is 1. The lowest BCUT2D eigenvalue weighted by atomic mass is 9.87. The molecule has 10 nitrogen and oxygen atoms in total. The van der Waals surface area contributed by atoms with Crippen LogP contribution in [0.25, 0.3) is 0 Å². The number of nitrogens with zero attached hydrogens (tertiary/aromatic N) is 4. The Balaban J connectivity index is 1.51. The predicted molar refractivity (Wildman–Crippen MR) is 140 cm³/mol. The van der Waals surface area contributed by atoms with Crippen molar-refractivity contribution in [3.05, 3.63) is 44.8 Å². The molecule has 1 aliphatic heterocycles. The Bertz CT molecular complexity index is 1170. The molecule has 1 amide bonds. The summed E-state index contributed by atoms with van der Waals surface area (Å²) in [5.41, 5.74) is 9.46. The van der Waals surface area contributed by atoms with Crippen molar-refractivity contribution in [3.63, 3.8) is 0 Å². The van der Waals surface area contributed by atoms with Crippen molar-refractivity contribution in [3.8, 4) is 5.75 Å². The number of anilines is 4. The number of nitrogens with two attached hydrogens (primary N) is 1. The first kappa shape index (κ1) is 24.2. The molecular formula is C23H29IN8O2. The molecule has 3 aromatic rings. The van der Waals surface area contributed by atoms with Gasteiger partial charge in [-0.15, -0.1) is 0 Å². The molecule has 4 rings (SSSR count). The third-order valence-corrected chi connectivity index (χ3v) is 6.72. The van der Waals surface area contributed by atoms with Crippen LogP contribution >= 0.6 is 22.6 Å². The van der Waals surface area contributed by atoms with Crippen LogP contribution in [0.3, 0.4) is 0 Å². The van der Waals surface area contributed by atoms with Gasteiger partial charge >= 0.3 is 0 Å². The summed E-state index contributed by atoms with van der Waals surface area (Å²) in [5.74, 6) is 2.77. The van der Waals surface area contributed by atoms with Gasteiger partial charge in [0.25, 0.3) is 0 Å². The molecule has 0 bridgehead atoms. The Morgan fingerprint density at radius 1 is 1.26 bits per heavy atom. The standard InChI is InChI=1S/C23H29IN8O2/c1-13-8-16(15-4-6-32(7-5-15)12-20(25)33)19(34-3)10-18(13)27-23-26-11-17(24)22(29-23)28-21-9-14(2)30-31-21/h8-11,15H,4-7,12H2,1-3H3,(H2,25,33)(H3,26,27,28,29,30,31). The zero-order chi connectivity index (χ0) is 24.2. The Morgan fingerprint density at radius 2 is 2.03 bits per heavy atom. The topological polar surface area (TPSA) is 134 Å². The number of nitrogens with one attached hydrogen (secondary N) is 3. The molecule has 0 radical (unpaired) electrons. The first-order chi connectivity index (χ1) is 16.3. The zero-order valence-corrected chi connectivity index (χ0v) is 21.6. The number of hydrogen-bond acceptors (Lipinski definition) is 8. The van der Waals surface area contributed by atoms with Crippen LogP contribution in [-0.4, -0.2) is 57.7 Å². The molecule has 0 spiro atoms. The highest BCUT2D eigenvalue weighted by Gasteiger charge is 2.24. The lowest BCUT2D eigenvalue weighted by Crippen LogP contribution is -2.39. The van der Waals surface area contributed by atoms with Gasteiger partial charge in [0, 0.05) is 29.7 Å². The van der Waals surface area contributed by atoms with E-state index < -0.39 is 0 Å². The highest BCUT2D eigenvalue weighted by molar-refractivity contribution is 14.1. The second kappa shape index (κ2) is 10.6. The van der Waals surface area contributed by atoms with Gasteiger partial charge in [0.1, 0.15) is 5.75 Å². The summed E-state index contributed by atoms with van der Waals surface area (Å²) < 4.78 is 6.64. The summed E-state index contributed by atoms with van der Waals surface area (Å²) in [5, 5.41) is 13.7. The summed E-state index contributed by atoms with van der Waals surface area (Å²) in [6.45, 7) is 6.01. The minimum atomic E-state index is -0.280. The van der Waals surface area contributed by atoms with Crippen LogP contribution in [0.1, 0.15) is 35.6 Å². The maximum atomic E-state index is 11.2. The number of aromatic nitrogens is 4. The Kier molecular flexibility index (Phi) is 7.51. The number of methoxy groups -OCH3 is 1. The van der Waals surface area contributed by atoms with Crippen LogP contribution in [0.4, 0.5) is 23.3 Å². The van der Waals surface area contributed by atoms with Gasteiger partial charge in [-0.2, -0.15) is 10.1 Å². The number of ether oxygens (including phenoxy) is 1. The number of carbonyl (C=O) groups excluding carboxylic acids is 1. The molecule has 0 aliphatic carbocycles. The maximum absolute atomic E-state index is 11.2. The SMILES string of the molecule is COc1cc(Nc2ncc(I)c(Nc3cc(C)[nH]n3)n2)c(C)cc1C1CCN(CC(N)=O)CC1. The number of aromatic amines is 1. The minimum absolute atomic E-state index is 0.280. The van der Waals surface area contributed by atoms with Crippen molar-refractivity contribution in [2.45, 2.75) is 32.6 Å². The lowest BCUT2D eigenvalue weighted by molar-refractivity contribution is -0.119. The van der Waals surface area contributed by atoms with Gasteiger partial charge in [-0.05, 0) is 79.4 Å². The van der Waals surface area contributed by atoms with E-state index in [0.29, 0.717) is 30.0 Å². The van der Waals surface area contributed by atoms with Crippen molar-refractivity contribution in [1.29, 1.82) is 0 Å². The molecule has 34 heavy (non-hydrogen) atoms. The number of primary amides is 1. The van der Waals surface area contributed by atoms with Gasteiger partial charge in [0.2, 0.25) is 11.9 Å². The number of benzene rings is 1. The van der Waals surface area contributed by atoms with Crippen LogP contribution in [0.2, 0.25) is 0 Å². The van der Waals surface area contributed by atoms with E-state index in [1.165, 1.54) is 5.56 Å². The molecule has 5 N–H and O–H groups in total. The van der Waals surface area contributed by atoms with Crippen LogP contribution < -0.4 is 21.1 Å². The van der Waals surface area contributed by atoms with Crippen LogP contribution in [-0.2, 0) is 4.79 Å². The number of likely N-dealkylation sites (tertiary alicyclic amines) is 1. The largest absolute Gasteiger partial charge is 0.496 e. The number of carbonyl (C=O) groups is 1. The molecule has 3 heterocycles. The van der Waals surface area contributed by atoms with Crippen molar-refractivity contribution in [2.75, 3.05) is 37.4 Å². The zero-order valence-electron chi connectivity index (χ0n) is 19.5. The van der Waals surface area contributed by atoms with Crippen LogP contribution in [0.5, 0.6) is 5.75 Å². The summed E-state index contributed by atoms with van der Waals surface area (Å²) in [6, 6.07) is 6.09. The van der Waals surface area contributed by atoms with E-state index in [9.17, 15) is 4.79 Å². The molecular weight excluding hydrogens is 547 g/mol. The summed E-state index contributed by atoms with van der Waals surface area (Å²) in [6.07, 6.45) is 3.67. The minimum Gasteiger partial charge on any atom is -0.496 e. The van der Waals surface area contributed by atoms with Gasteiger partial charge in [-0.3, -0.25) is 14.8 Å². The molecule has 11 heteroatoms. The Morgan fingerprint density at radius 3 is 2.68 bits per heavy atom. The highest BCUT2D eigenvalue weighted by Crippen LogP contribution is 2.38. The third-order valence-electron chi connectivity index (χ3n) is 5.93. The molecule has 0 atom stereocenters. The van der Waals surface area contributed by atoms with Crippen LogP contribution in [0, 0.1) is 17.4 Å². The Hall–Kier alpha value is -2.93.